The lowest BCUT2D eigenvalue weighted by atomic mass is 10.1. The number of alkyl halides is 3. The van der Waals surface area contributed by atoms with Crippen LogP contribution >= 0.6 is 11.6 Å². The Labute approximate surface area is 113 Å². The Morgan fingerprint density at radius 3 is 2.68 bits per heavy atom. The summed E-state index contributed by atoms with van der Waals surface area (Å²) >= 11 is 5.55. The normalized spacial score (nSPS) is 11.2. The summed E-state index contributed by atoms with van der Waals surface area (Å²) in [6.45, 7) is 1.96. The molecule has 0 heterocycles. The molecule has 19 heavy (non-hydrogen) atoms. The van der Waals surface area contributed by atoms with Crippen LogP contribution in [0, 0.1) is 0 Å². The van der Waals surface area contributed by atoms with E-state index in [0.29, 0.717) is 0 Å². The minimum absolute atomic E-state index is 0.00303. The van der Waals surface area contributed by atoms with Gasteiger partial charge in [0.2, 0.25) is 0 Å². The van der Waals surface area contributed by atoms with E-state index < -0.39 is 17.7 Å². The lowest BCUT2D eigenvalue weighted by Crippen LogP contribution is -2.15. The second-order valence-corrected chi connectivity index (χ2v) is 4.11. The van der Waals surface area contributed by atoms with Gasteiger partial charge in [0.15, 0.2) is 0 Å². The molecule has 0 spiro atoms. The van der Waals surface area contributed by atoms with Crippen LogP contribution < -0.4 is 5.32 Å². The minimum atomic E-state index is -4.50. The zero-order valence-corrected chi connectivity index (χ0v) is 10.9. The second-order valence-electron chi connectivity index (χ2n) is 3.67. The molecular weight excluding hydrogens is 283 g/mol. The van der Waals surface area contributed by atoms with Gasteiger partial charge in [-0.15, -0.1) is 0 Å². The third-order valence-corrected chi connectivity index (χ3v) is 2.47. The molecule has 0 atom stereocenters. The molecule has 0 aliphatic carbocycles. The van der Waals surface area contributed by atoms with Gasteiger partial charge in [0, 0.05) is 17.3 Å². The first kappa shape index (κ1) is 15.6. The number of hydrogen-bond acceptors (Lipinski definition) is 3. The summed E-state index contributed by atoms with van der Waals surface area (Å²) in [6.07, 6.45) is -4.51. The number of benzene rings is 1. The smallest absolute Gasteiger partial charge is 0.418 e. The van der Waals surface area contributed by atoms with E-state index in [-0.39, 0.29) is 30.3 Å². The maximum absolute atomic E-state index is 12.7. The molecule has 106 valence electrons. The number of nitrogens with one attached hydrogen (secondary N) is 1. The summed E-state index contributed by atoms with van der Waals surface area (Å²) in [5.74, 6) is -0.461. The van der Waals surface area contributed by atoms with E-state index in [1.54, 1.807) is 6.92 Å². The SMILES string of the molecule is CCOC(=O)CCNc1ccc(Cl)cc1C(F)(F)F. The van der Waals surface area contributed by atoms with Crippen LogP contribution in [-0.4, -0.2) is 19.1 Å². The number of esters is 1. The van der Waals surface area contributed by atoms with Crippen molar-refractivity contribution in [2.75, 3.05) is 18.5 Å². The maximum Gasteiger partial charge on any atom is 0.418 e. The van der Waals surface area contributed by atoms with Crippen LogP contribution in [0.3, 0.4) is 0 Å². The van der Waals surface area contributed by atoms with Gasteiger partial charge in [-0.25, -0.2) is 0 Å². The quantitative estimate of drug-likeness (QED) is 0.841. The first-order chi connectivity index (χ1) is 8.84. The van der Waals surface area contributed by atoms with Crippen LogP contribution in [0.1, 0.15) is 18.9 Å². The average Bonchev–Trinajstić information content (AvgIpc) is 2.30. The highest BCUT2D eigenvalue weighted by atomic mass is 35.5. The van der Waals surface area contributed by atoms with Gasteiger partial charge < -0.3 is 10.1 Å². The standard InChI is InChI=1S/C12H13ClF3NO2/c1-2-19-11(18)5-6-17-10-4-3-8(13)7-9(10)12(14,15)16/h3-4,7,17H,2,5-6H2,1H3. The second kappa shape index (κ2) is 6.65. The highest BCUT2D eigenvalue weighted by Gasteiger charge is 2.33. The van der Waals surface area contributed by atoms with E-state index >= 15 is 0 Å². The van der Waals surface area contributed by atoms with Gasteiger partial charge in [-0.3, -0.25) is 4.79 Å². The van der Waals surface area contributed by atoms with E-state index in [1.165, 1.54) is 12.1 Å². The van der Waals surface area contributed by atoms with Crippen molar-refractivity contribution in [2.24, 2.45) is 0 Å². The van der Waals surface area contributed by atoms with Crippen molar-refractivity contribution < 1.29 is 22.7 Å². The fourth-order valence-electron chi connectivity index (χ4n) is 1.44. The Morgan fingerprint density at radius 2 is 2.11 bits per heavy atom. The van der Waals surface area contributed by atoms with Crippen molar-refractivity contribution in [3.8, 4) is 0 Å². The molecule has 3 nitrogen and oxygen atoms in total. The first-order valence-electron chi connectivity index (χ1n) is 5.61. The Kier molecular flexibility index (Phi) is 5.47. The van der Waals surface area contributed by atoms with Gasteiger partial charge in [0.05, 0.1) is 18.6 Å². The first-order valence-corrected chi connectivity index (χ1v) is 5.98. The van der Waals surface area contributed by atoms with Crippen molar-refractivity contribution in [1.82, 2.24) is 0 Å². The largest absolute Gasteiger partial charge is 0.466 e. The van der Waals surface area contributed by atoms with Gasteiger partial charge in [-0.05, 0) is 25.1 Å². The minimum Gasteiger partial charge on any atom is -0.466 e. The third-order valence-electron chi connectivity index (χ3n) is 2.24. The van der Waals surface area contributed by atoms with E-state index in [9.17, 15) is 18.0 Å². The number of ether oxygens (including phenoxy) is 1. The fourth-order valence-corrected chi connectivity index (χ4v) is 1.61. The molecule has 0 aliphatic rings. The van der Waals surface area contributed by atoms with E-state index in [2.05, 4.69) is 10.1 Å². The number of carbonyl (C=O) groups excluding carboxylic acids is 1. The highest BCUT2D eigenvalue weighted by molar-refractivity contribution is 6.30. The molecule has 1 aromatic carbocycles. The predicted octanol–water partition coefficient (Wildman–Crippen LogP) is 3.72. The molecule has 1 aromatic rings. The number of rotatable bonds is 5. The summed E-state index contributed by atoms with van der Waals surface area (Å²) in [7, 11) is 0. The molecule has 0 bridgehead atoms. The molecule has 0 fully saturated rings. The molecule has 0 unspecified atom stereocenters. The van der Waals surface area contributed by atoms with Crippen LogP contribution in [0.2, 0.25) is 5.02 Å². The van der Waals surface area contributed by atoms with Crippen molar-refractivity contribution in [3.05, 3.63) is 28.8 Å². The number of carbonyl (C=O) groups is 1. The van der Waals surface area contributed by atoms with Gasteiger partial charge in [-0.2, -0.15) is 13.2 Å². The molecule has 0 aliphatic heterocycles. The zero-order chi connectivity index (χ0) is 14.5. The molecule has 0 saturated carbocycles. The Balaban J connectivity index is 2.71. The summed E-state index contributed by atoms with van der Waals surface area (Å²) in [5, 5.41) is 2.56. The van der Waals surface area contributed by atoms with Crippen LogP contribution in [0.5, 0.6) is 0 Å². The van der Waals surface area contributed by atoms with E-state index in [4.69, 9.17) is 11.6 Å². The summed E-state index contributed by atoms with van der Waals surface area (Å²) < 4.78 is 42.9. The lowest BCUT2D eigenvalue weighted by Gasteiger charge is -2.14. The molecule has 0 saturated heterocycles. The molecule has 1 rings (SSSR count). The van der Waals surface area contributed by atoms with Crippen molar-refractivity contribution in [2.45, 2.75) is 19.5 Å². The average molecular weight is 296 g/mol. The number of halogens is 4. The Hall–Kier alpha value is -1.43. The van der Waals surface area contributed by atoms with E-state index in [0.717, 1.165) is 6.07 Å². The molecule has 7 heteroatoms. The number of anilines is 1. The Bertz CT molecular complexity index is 449. The summed E-state index contributed by atoms with van der Waals surface area (Å²) in [5.41, 5.74) is -0.968. The fraction of sp³-hybridized carbons (Fsp3) is 0.417. The third kappa shape index (κ3) is 4.98. The van der Waals surface area contributed by atoms with Crippen LogP contribution in [0.25, 0.3) is 0 Å². The van der Waals surface area contributed by atoms with Crippen molar-refractivity contribution in [3.63, 3.8) is 0 Å². The highest BCUT2D eigenvalue weighted by Crippen LogP contribution is 2.36. The Morgan fingerprint density at radius 1 is 1.42 bits per heavy atom. The topological polar surface area (TPSA) is 38.3 Å². The van der Waals surface area contributed by atoms with Crippen molar-refractivity contribution >= 4 is 23.3 Å². The zero-order valence-electron chi connectivity index (χ0n) is 10.2. The summed E-state index contributed by atoms with van der Waals surface area (Å²) in [6, 6.07) is 3.42. The van der Waals surface area contributed by atoms with Crippen molar-refractivity contribution in [1.29, 1.82) is 0 Å². The predicted molar refractivity (Wildman–Crippen MR) is 66.2 cm³/mol. The monoisotopic (exact) mass is 295 g/mol. The van der Waals surface area contributed by atoms with Crippen LogP contribution in [0.15, 0.2) is 18.2 Å². The van der Waals surface area contributed by atoms with Crippen LogP contribution in [-0.2, 0) is 15.7 Å². The summed E-state index contributed by atoms with van der Waals surface area (Å²) in [4.78, 5) is 11.1. The lowest BCUT2D eigenvalue weighted by molar-refractivity contribution is -0.142. The van der Waals surface area contributed by atoms with E-state index in [1.807, 2.05) is 0 Å². The molecule has 1 N–H and O–H groups in total. The molecular formula is C12H13ClF3NO2. The van der Waals surface area contributed by atoms with Gasteiger partial charge in [0.25, 0.3) is 0 Å². The number of hydrogen-bond donors (Lipinski definition) is 1. The molecule has 0 amide bonds. The molecule has 0 radical (unpaired) electrons. The molecule has 0 aromatic heterocycles. The van der Waals surface area contributed by atoms with Gasteiger partial charge in [0.1, 0.15) is 0 Å². The van der Waals surface area contributed by atoms with Gasteiger partial charge in [-0.1, -0.05) is 11.6 Å². The maximum atomic E-state index is 12.7. The van der Waals surface area contributed by atoms with Crippen LogP contribution in [0.4, 0.5) is 18.9 Å². The van der Waals surface area contributed by atoms with Gasteiger partial charge >= 0.3 is 12.1 Å².